The van der Waals surface area contributed by atoms with Gasteiger partial charge in [-0.1, -0.05) is 30.3 Å². The highest BCUT2D eigenvalue weighted by molar-refractivity contribution is 6.20. The Bertz CT molecular complexity index is 581. The van der Waals surface area contributed by atoms with Crippen molar-refractivity contribution in [1.29, 1.82) is 0 Å². The minimum atomic E-state index is -0.820. The zero-order valence-corrected chi connectivity index (χ0v) is 12.1. The molecule has 0 aliphatic carbocycles. The van der Waals surface area contributed by atoms with E-state index in [2.05, 4.69) is 19.1 Å². The summed E-state index contributed by atoms with van der Waals surface area (Å²) in [4.78, 5) is 0. The highest BCUT2D eigenvalue weighted by Gasteiger charge is 2.09. The Morgan fingerprint density at radius 3 is 2.50 bits per heavy atom. The van der Waals surface area contributed by atoms with Crippen LogP contribution in [-0.2, 0) is 12.8 Å². The molecule has 0 saturated carbocycles. The number of aryl methyl sites for hydroxylation is 2. The lowest BCUT2D eigenvalue weighted by molar-refractivity contribution is 0.506. The molecule has 0 radical (unpaired) electrons. The third-order valence-electron chi connectivity index (χ3n) is 3.43. The highest BCUT2D eigenvalue weighted by Crippen LogP contribution is 2.18. The Kier molecular flexibility index (Phi) is 5.13. The van der Waals surface area contributed by atoms with Gasteiger partial charge in [0.1, 0.15) is 0 Å². The summed E-state index contributed by atoms with van der Waals surface area (Å²) in [6.45, 7) is 2.08. The van der Waals surface area contributed by atoms with Gasteiger partial charge in [-0.05, 0) is 55.0 Å². The first-order valence-corrected chi connectivity index (χ1v) is 7.12. The molecule has 1 atom stereocenters. The van der Waals surface area contributed by atoms with Gasteiger partial charge in [-0.2, -0.15) is 0 Å². The van der Waals surface area contributed by atoms with Gasteiger partial charge >= 0.3 is 0 Å². The molecule has 0 aromatic heterocycles. The maximum Gasteiger partial charge on any atom is 0.159 e. The second-order valence-corrected chi connectivity index (χ2v) is 5.63. The molecule has 0 nitrogen and oxygen atoms in total. The van der Waals surface area contributed by atoms with E-state index in [0.717, 1.165) is 24.5 Å². The van der Waals surface area contributed by atoms with E-state index in [1.165, 1.54) is 17.2 Å². The molecule has 106 valence electrons. The van der Waals surface area contributed by atoms with Crippen LogP contribution in [0.25, 0.3) is 0 Å². The predicted octanol–water partition coefficient (Wildman–Crippen LogP) is 5.06. The van der Waals surface area contributed by atoms with E-state index in [9.17, 15) is 8.78 Å². The average molecular weight is 295 g/mol. The summed E-state index contributed by atoms with van der Waals surface area (Å²) in [6.07, 6.45) is 2.25. The summed E-state index contributed by atoms with van der Waals surface area (Å²) in [5.74, 6) is -1.63. The Hall–Kier alpha value is -1.41. The molecule has 2 rings (SSSR count). The van der Waals surface area contributed by atoms with Gasteiger partial charge in [-0.15, -0.1) is 11.6 Å². The maximum atomic E-state index is 13.1. The van der Waals surface area contributed by atoms with Gasteiger partial charge in [0, 0.05) is 5.38 Å². The zero-order chi connectivity index (χ0) is 14.5. The van der Waals surface area contributed by atoms with Gasteiger partial charge < -0.3 is 0 Å². The van der Waals surface area contributed by atoms with Crippen molar-refractivity contribution >= 4 is 11.6 Å². The van der Waals surface area contributed by atoms with Crippen LogP contribution in [0.15, 0.2) is 42.5 Å². The topological polar surface area (TPSA) is 0 Å². The van der Waals surface area contributed by atoms with E-state index in [1.54, 1.807) is 6.07 Å². The van der Waals surface area contributed by atoms with E-state index in [-0.39, 0.29) is 5.38 Å². The normalized spacial score (nSPS) is 12.4. The molecule has 0 aliphatic heterocycles. The molecule has 0 N–H and O–H groups in total. The van der Waals surface area contributed by atoms with Crippen molar-refractivity contribution in [3.05, 3.63) is 70.8 Å². The van der Waals surface area contributed by atoms with Gasteiger partial charge in [0.2, 0.25) is 0 Å². The molecular formula is C17H17ClF2. The fourth-order valence-electron chi connectivity index (χ4n) is 2.23. The molecule has 0 aliphatic rings. The van der Waals surface area contributed by atoms with Crippen molar-refractivity contribution in [3.8, 4) is 0 Å². The number of hydrogen-bond donors (Lipinski definition) is 0. The number of halogens is 3. The first kappa shape index (κ1) is 15.0. The van der Waals surface area contributed by atoms with Crippen LogP contribution >= 0.6 is 11.6 Å². The van der Waals surface area contributed by atoms with Gasteiger partial charge in [-0.25, -0.2) is 8.78 Å². The minimum Gasteiger partial charge on any atom is -0.204 e. The number of hydrogen-bond acceptors (Lipinski definition) is 0. The molecule has 2 aromatic rings. The zero-order valence-electron chi connectivity index (χ0n) is 11.4. The second-order valence-electron chi connectivity index (χ2n) is 5.02. The number of benzene rings is 2. The Labute approximate surface area is 123 Å². The van der Waals surface area contributed by atoms with Crippen LogP contribution in [0.2, 0.25) is 0 Å². The largest absolute Gasteiger partial charge is 0.204 e. The molecule has 0 bridgehead atoms. The van der Waals surface area contributed by atoms with Crippen LogP contribution in [-0.4, -0.2) is 5.38 Å². The van der Waals surface area contributed by atoms with Gasteiger partial charge in [0.05, 0.1) is 0 Å². The number of alkyl halides is 1. The molecule has 0 saturated heterocycles. The van der Waals surface area contributed by atoms with Crippen molar-refractivity contribution in [2.45, 2.75) is 31.6 Å². The van der Waals surface area contributed by atoms with Gasteiger partial charge in [0.25, 0.3) is 0 Å². The van der Waals surface area contributed by atoms with E-state index >= 15 is 0 Å². The van der Waals surface area contributed by atoms with Gasteiger partial charge in [0.15, 0.2) is 11.6 Å². The molecule has 0 amide bonds. The third-order valence-corrected chi connectivity index (χ3v) is 3.80. The van der Waals surface area contributed by atoms with Crippen LogP contribution in [0, 0.1) is 18.6 Å². The molecule has 2 aromatic carbocycles. The lowest BCUT2D eigenvalue weighted by atomic mass is 10.0. The summed E-state index contributed by atoms with van der Waals surface area (Å²) >= 11 is 6.29. The van der Waals surface area contributed by atoms with Crippen molar-refractivity contribution in [1.82, 2.24) is 0 Å². The predicted molar refractivity (Wildman–Crippen MR) is 79.2 cm³/mol. The summed E-state index contributed by atoms with van der Waals surface area (Å²) in [6, 6.07) is 12.2. The fraction of sp³-hybridized carbons (Fsp3) is 0.294. The summed E-state index contributed by atoms with van der Waals surface area (Å²) in [5.41, 5.74) is 3.27. The molecule has 0 fully saturated rings. The van der Waals surface area contributed by atoms with Gasteiger partial charge in [-0.3, -0.25) is 0 Å². The van der Waals surface area contributed by atoms with Crippen LogP contribution in [0.5, 0.6) is 0 Å². The quantitative estimate of drug-likeness (QED) is 0.677. The monoisotopic (exact) mass is 294 g/mol. The van der Waals surface area contributed by atoms with E-state index < -0.39 is 11.6 Å². The SMILES string of the molecule is Cc1ccccc1CCC(Cl)Cc1ccc(F)c(F)c1. The summed E-state index contributed by atoms with van der Waals surface area (Å²) < 4.78 is 26.0. The highest BCUT2D eigenvalue weighted by atomic mass is 35.5. The fourth-order valence-corrected chi connectivity index (χ4v) is 2.51. The first-order chi connectivity index (χ1) is 9.56. The Morgan fingerprint density at radius 2 is 1.80 bits per heavy atom. The van der Waals surface area contributed by atoms with Crippen molar-refractivity contribution in [3.63, 3.8) is 0 Å². The van der Waals surface area contributed by atoms with Crippen LogP contribution in [0.3, 0.4) is 0 Å². The molecule has 0 spiro atoms. The molecule has 0 heterocycles. The Morgan fingerprint density at radius 1 is 1.05 bits per heavy atom. The molecule has 3 heteroatoms. The minimum absolute atomic E-state index is 0.0838. The molecule has 20 heavy (non-hydrogen) atoms. The lowest BCUT2D eigenvalue weighted by Gasteiger charge is -2.11. The van der Waals surface area contributed by atoms with Crippen LogP contribution in [0.4, 0.5) is 8.78 Å². The smallest absolute Gasteiger partial charge is 0.159 e. The lowest BCUT2D eigenvalue weighted by Crippen LogP contribution is -2.06. The van der Waals surface area contributed by atoms with Crippen LogP contribution in [0.1, 0.15) is 23.1 Å². The standard InChI is InChI=1S/C17H17ClF2/c1-12-4-2-3-5-14(12)7-8-15(18)10-13-6-9-16(19)17(20)11-13/h2-6,9,11,15H,7-8,10H2,1H3. The molecule has 1 unspecified atom stereocenters. The van der Waals surface area contributed by atoms with Crippen molar-refractivity contribution in [2.24, 2.45) is 0 Å². The van der Waals surface area contributed by atoms with E-state index in [0.29, 0.717) is 6.42 Å². The Balaban J connectivity index is 1.91. The number of rotatable bonds is 5. The second kappa shape index (κ2) is 6.85. The summed E-state index contributed by atoms with van der Waals surface area (Å²) in [7, 11) is 0. The van der Waals surface area contributed by atoms with Crippen molar-refractivity contribution in [2.75, 3.05) is 0 Å². The summed E-state index contributed by atoms with van der Waals surface area (Å²) in [5, 5.41) is -0.0838. The maximum absolute atomic E-state index is 13.1. The van der Waals surface area contributed by atoms with Crippen LogP contribution < -0.4 is 0 Å². The first-order valence-electron chi connectivity index (χ1n) is 6.69. The average Bonchev–Trinajstić information content (AvgIpc) is 2.42. The van der Waals surface area contributed by atoms with E-state index in [4.69, 9.17) is 11.6 Å². The molecular weight excluding hydrogens is 278 g/mol. The van der Waals surface area contributed by atoms with Crippen molar-refractivity contribution < 1.29 is 8.78 Å². The third kappa shape index (κ3) is 4.04. The van der Waals surface area contributed by atoms with E-state index in [1.807, 2.05) is 12.1 Å².